The summed E-state index contributed by atoms with van der Waals surface area (Å²) in [4.78, 5) is 15.2. The number of carbonyl (C=O) groups is 1. The standard InChI is InChI=1S/C20H31N3O4S/c1-17(22-10-5-3-2-4-6-11-22)20(24)21-18-8-7-9-19(16-18)28(25,26)23-12-14-27-15-13-23/h7-9,16-17H,2-6,10-15H2,1H3,(H,21,24)/t17-/m0/s1. The van der Waals surface area contributed by atoms with Crippen LogP contribution in [0.5, 0.6) is 0 Å². The Morgan fingerprint density at radius 2 is 1.68 bits per heavy atom. The van der Waals surface area contributed by atoms with Gasteiger partial charge in [0, 0.05) is 18.8 Å². The van der Waals surface area contributed by atoms with Crippen LogP contribution in [0.4, 0.5) is 5.69 Å². The van der Waals surface area contributed by atoms with Crippen molar-refractivity contribution in [2.24, 2.45) is 0 Å². The Labute approximate surface area is 168 Å². The minimum absolute atomic E-state index is 0.0958. The zero-order valence-electron chi connectivity index (χ0n) is 16.6. The first-order valence-corrected chi connectivity index (χ1v) is 11.7. The van der Waals surface area contributed by atoms with Crippen molar-refractivity contribution in [2.75, 3.05) is 44.7 Å². The Kier molecular flexibility index (Phi) is 7.45. The summed E-state index contributed by atoms with van der Waals surface area (Å²) in [5.74, 6) is -0.0958. The Hall–Kier alpha value is -1.48. The van der Waals surface area contributed by atoms with Gasteiger partial charge in [0.25, 0.3) is 0 Å². The van der Waals surface area contributed by atoms with E-state index in [2.05, 4.69) is 10.2 Å². The maximum absolute atomic E-state index is 12.8. The quantitative estimate of drug-likeness (QED) is 0.807. The van der Waals surface area contributed by atoms with Gasteiger partial charge in [-0.2, -0.15) is 4.31 Å². The van der Waals surface area contributed by atoms with E-state index in [9.17, 15) is 13.2 Å². The van der Waals surface area contributed by atoms with Crippen molar-refractivity contribution in [3.8, 4) is 0 Å². The SMILES string of the molecule is C[C@@H](C(=O)Nc1cccc(S(=O)(=O)N2CCOCC2)c1)N1CCCCCCC1. The second-order valence-corrected chi connectivity index (χ2v) is 9.45. The number of amides is 1. The molecular formula is C20H31N3O4S. The van der Waals surface area contributed by atoms with Gasteiger partial charge in [0.05, 0.1) is 24.2 Å². The number of sulfonamides is 1. The molecule has 0 aromatic heterocycles. The predicted octanol–water partition coefficient (Wildman–Crippen LogP) is 2.30. The highest BCUT2D eigenvalue weighted by molar-refractivity contribution is 7.89. The van der Waals surface area contributed by atoms with Crippen LogP contribution in [0.25, 0.3) is 0 Å². The summed E-state index contributed by atoms with van der Waals surface area (Å²) >= 11 is 0. The topological polar surface area (TPSA) is 79.0 Å². The zero-order valence-corrected chi connectivity index (χ0v) is 17.4. The fourth-order valence-electron chi connectivity index (χ4n) is 3.74. The van der Waals surface area contributed by atoms with Crippen molar-refractivity contribution in [3.05, 3.63) is 24.3 Å². The van der Waals surface area contributed by atoms with Gasteiger partial charge in [-0.1, -0.05) is 25.3 Å². The van der Waals surface area contributed by atoms with E-state index in [-0.39, 0.29) is 16.8 Å². The lowest BCUT2D eigenvalue weighted by atomic mass is 10.1. The molecule has 1 N–H and O–H groups in total. The number of anilines is 1. The summed E-state index contributed by atoms with van der Waals surface area (Å²) in [6.07, 6.45) is 5.94. The molecule has 2 aliphatic heterocycles. The molecule has 2 heterocycles. The minimum Gasteiger partial charge on any atom is -0.379 e. The maximum atomic E-state index is 12.8. The second-order valence-electron chi connectivity index (χ2n) is 7.51. The molecule has 1 amide bonds. The molecule has 1 atom stereocenters. The van der Waals surface area contributed by atoms with Crippen molar-refractivity contribution < 1.29 is 17.9 Å². The van der Waals surface area contributed by atoms with Gasteiger partial charge in [-0.15, -0.1) is 0 Å². The van der Waals surface area contributed by atoms with E-state index in [0.29, 0.717) is 32.0 Å². The summed E-state index contributed by atoms with van der Waals surface area (Å²) in [5.41, 5.74) is 0.512. The number of nitrogens with one attached hydrogen (secondary N) is 1. The van der Waals surface area contributed by atoms with Gasteiger partial charge in [0.15, 0.2) is 0 Å². The van der Waals surface area contributed by atoms with Crippen molar-refractivity contribution in [1.29, 1.82) is 0 Å². The number of nitrogens with zero attached hydrogens (tertiary/aromatic N) is 2. The summed E-state index contributed by atoms with van der Waals surface area (Å²) in [6, 6.07) is 6.28. The molecule has 0 saturated carbocycles. The molecule has 2 aliphatic rings. The summed E-state index contributed by atoms with van der Waals surface area (Å²) in [5, 5.41) is 2.90. The molecule has 0 bridgehead atoms. The van der Waals surface area contributed by atoms with Crippen LogP contribution in [-0.4, -0.2) is 69.0 Å². The monoisotopic (exact) mass is 409 g/mol. The van der Waals surface area contributed by atoms with E-state index >= 15 is 0 Å². The average Bonchev–Trinajstić information content (AvgIpc) is 2.68. The van der Waals surface area contributed by atoms with Crippen molar-refractivity contribution in [1.82, 2.24) is 9.21 Å². The van der Waals surface area contributed by atoms with Crippen LogP contribution in [0.3, 0.4) is 0 Å². The first kappa shape index (κ1) is 21.2. The molecule has 1 aromatic rings. The first-order valence-electron chi connectivity index (χ1n) is 10.2. The molecular weight excluding hydrogens is 378 g/mol. The van der Waals surface area contributed by atoms with Gasteiger partial charge in [0.1, 0.15) is 0 Å². The van der Waals surface area contributed by atoms with Crippen LogP contribution in [0.1, 0.15) is 39.0 Å². The van der Waals surface area contributed by atoms with Crippen LogP contribution in [0.2, 0.25) is 0 Å². The third-order valence-corrected chi connectivity index (χ3v) is 7.42. The largest absolute Gasteiger partial charge is 0.379 e. The summed E-state index contributed by atoms with van der Waals surface area (Å²) in [7, 11) is -3.58. The highest BCUT2D eigenvalue weighted by Gasteiger charge is 2.27. The number of hydrogen-bond donors (Lipinski definition) is 1. The third kappa shape index (κ3) is 5.31. The van der Waals surface area contributed by atoms with Gasteiger partial charge < -0.3 is 10.1 Å². The second kappa shape index (κ2) is 9.82. The molecule has 0 radical (unpaired) electrons. The van der Waals surface area contributed by atoms with Gasteiger partial charge in [-0.05, 0) is 51.1 Å². The molecule has 156 valence electrons. The number of likely N-dealkylation sites (tertiary alicyclic amines) is 1. The van der Waals surface area contributed by atoms with Crippen molar-refractivity contribution in [3.63, 3.8) is 0 Å². The lowest BCUT2D eigenvalue weighted by molar-refractivity contribution is -0.120. The minimum atomic E-state index is -3.58. The lowest BCUT2D eigenvalue weighted by Gasteiger charge is -2.29. The molecule has 28 heavy (non-hydrogen) atoms. The van der Waals surface area contributed by atoms with Gasteiger partial charge in [-0.3, -0.25) is 9.69 Å². The number of benzene rings is 1. The first-order chi connectivity index (χ1) is 13.5. The number of hydrogen-bond acceptors (Lipinski definition) is 5. The maximum Gasteiger partial charge on any atom is 0.243 e. The average molecular weight is 410 g/mol. The zero-order chi connectivity index (χ0) is 20.0. The molecule has 8 heteroatoms. The van der Waals surface area contributed by atoms with Gasteiger partial charge in [0.2, 0.25) is 15.9 Å². The van der Waals surface area contributed by atoms with Crippen LogP contribution >= 0.6 is 0 Å². The Balaban J connectivity index is 1.67. The van der Waals surface area contributed by atoms with Crippen molar-refractivity contribution in [2.45, 2.75) is 50.0 Å². The van der Waals surface area contributed by atoms with E-state index in [1.54, 1.807) is 24.3 Å². The van der Waals surface area contributed by atoms with Crippen LogP contribution < -0.4 is 5.32 Å². The molecule has 0 aliphatic carbocycles. The Morgan fingerprint density at radius 1 is 1.04 bits per heavy atom. The van der Waals surface area contributed by atoms with E-state index in [4.69, 9.17) is 4.74 Å². The van der Waals surface area contributed by atoms with Gasteiger partial charge >= 0.3 is 0 Å². The number of carbonyl (C=O) groups excluding carboxylic acids is 1. The van der Waals surface area contributed by atoms with E-state index in [0.717, 1.165) is 25.9 Å². The Bertz CT molecular complexity index is 754. The molecule has 2 saturated heterocycles. The smallest absolute Gasteiger partial charge is 0.243 e. The van der Waals surface area contributed by atoms with Crippen LogP contribution in [-0.2, 0) is 19.6 Å². The fourth-order valence-corrected chi connectivity index (χ4v) is 5.20. The van der Waals surface area contributed by atoms with E-state index in [1.165, 1.54) is 23.6 Å². The molecule has 0 unspecified atom stereocenters. The van der Waals surface area contributed by atoms with Gasteiger partial charge in [-0.25, -0.2) is 8.42 Å². The van der Waals surface area contributed by atoms with E-state index < -0.39 is 10.0 Å². The van der Waals surface area contributed by atoms with Crippen LogP contribution in [0.15, 0.2) is 29.2 Å². The number of morpholine rings is 1. The predicted molar refractivity (Wildman–Crippen MR) is 109 cm³/mol. The molecule has 2 fully saturated rings. The number of rotatable bonds is 5. The molecule has 1 aromatic carbocycles. The van der Waals surface area contributed by atoms with E-state index in [1.807, 2.05) is 6.92 Å². The Morgan fingerprint density at radius 3 is 2.36 bits per heavy atom. The van der Waals surface area contributed by atoms with Crippen LogP contribution in [0, 0.1) is 0 Å². The lowest BCUT2D eigenvalue weighted by Crippen LogP contribution is -2.43. The number of ether oxygens (including phenoxy) is 1. The highest BCUT2D eigenvalue weighted by Crippen LogP contribution is 2.21. The highest BCUT2D eigenvalue weighted by atomic mass is 32.2. The summed E-state index contributed by atoms with van der Waals surface area (Å²) < 4.78 is 32.3. The molecule has 0 spiro atoms. The normalized spacial score (nSPS) is 21.5. The fraction of sp³-hybridized carbons (Fsp3) is 0.650. The molecule has 7 nitrogen and oxygen atoms in total. The molecule has 3 rings (SSSR count). The van der Waals surface area contributed by atoms with Crippen molar-refractivity contribution >= 4 is 21.6 Å². The summed E-state index contributed by atoms with van der Waals surface area (Å²) in [6.45, 7) is 5.30. The third-order valence-electron chi connectivity index (χ3n) is 5.53.